The molecule has 0 saturated carbocycles. The molecule has 0 bridgehead atoms. The van der Waals surface area contributed by atoms with Gasteiger partial charge in [-0.25, -0.2) is 4.79 Å². The molecule has 0 aromatic heterocycles. The van der Waals surface area contributed by atoms with E-state index in [1.54, 1.807) is 41.5 Å². The van der Waals surface area contributed by atoms with Crippen molar-refractivity contribution in [3.63, 3.8) is 0 Å². The van der Waals surface area contributed by atoms with Gasteiger partial charge in [0.15, 0.2) is 6.10 Å². The van der Waals surface area contributed by atoms with Gasteiger partial charge in [0.25, 0.3) is 0 Å². The van der Waals surface area contributed by atoms with Gasteiger partial charge in [-0.05, 0) is 47.1 Å². The van der Waals surface area contributed by atoms with Crippen molar-refractivity contribution in [1.29, 1.82) is 0 Å². The standard InChI is InChI=1S/C20H30O6/c1-19(2,3)25-17(21)12-16(18(22)26-20(4,5)6)24-14-23-13-15-10-8-7-9-11-15/h7-11,16H,12-14H2,1-6H3. The highest BCUT2D eigenvalue weighted by molar-refractivity contribution is 5.82. The fourth-order valence-electron chi connectivity index (χ4n) is 1.98. The van der Waals surface area contributed by atoms with E-state index >= 15 is 0 Å². The van der Waals surface area contributed by atoms with Crippen molar-refractivity contribution in [1.82, 2.24) is 0 Å². The molecule has 1 aromatic rings. The Morgan fingerprint density at radius 3 is 2.04 bits per heavy atom. The Morgan fingerprint density at radius 2 is 1.50 bits per heavy atom. The van der Waals surface area contributed by atoms with Crippen LogP contribution in [0.4, 0.5) is 0 Å². The summed E-state index contributed by atoms with van der Waals surface area (Å²) < 4.78 is 21.5. The molecule has 6 heteroatoms. The van der Waals surface area contributed by atoms with E-state index in [4.69, 9.17) is 18.9 Å². The summed E-state index contributed by atoms with van der Waals surface area (Å²) in [5.74, 6) is -1.15. The summed E-state index contributed by atoms with van der Waals surface area (Å²) in [5.41, 5.74) is -0.339. The minimum Gasteiger partial charge on any atom is -0.460 e. The maximum absolute atomic E-state index is 12.3. The first kappa shape index (κ1) is 22.1. The largest absolute Gasteiger partial charge is 0.460 e. The maximum atomic E-state index is 12.3. The van der Waals surface area contributed by atoms with Crippen LogP contribution in [0.1, 0.15) is 53.5 Å². The maximum Gasteiger partial charge on any atom is 0.336 e. The molecule has 0 fully saturated rings. The molecule has 146 valence electrons. The molecule has 0 radical (unpaired) electrons. The number of hydrogen-bond acceptors (Lipinski definition) is 6. The van der Waals surface area contributed by atoms with Gasteiger partial charge in [-0.15, -0.1) is 0 Å². The molecule has 0 spiro atoms. The van der Waals surface area contributed by atoms with E-state index in [0.29, 0.717) is 6.61 Å². The van der Waals surface area contributed by atoms with Crippen LogP contribution in [-0.2, 0) is 35.1 Å². The minimum absolute atomic E-state index is 0.137. The molecule has 0 saturated heterocycles. The Labute approximate surface area is 155 Å². The predicted molar refractivity (Wildman–Crippen MR) is 97.3 cm³/mol. The Bertz CT molecular complexity index is 568. The highest BCUT2D eigenvalue weighted by atomic mass is 16.7. The fourth-order valence-corrected chi connectivity index (χ4v) is 1.98. The third kappa shape index (κ3) is 10.2. The first-order valence-corrected chi connectivity index (χ1v) is 8.64. The average molecular weight is 366 g/mol. The van der Waals surface area contributed by atoms with Crippen molar-refractivity contribution in [3.05, 3.63) is 35.9 Å². The lowest BCUT2D eigenvalue weighted by Crippen LogP contribution is -2.37. The second kappa shape index (κ2) is 9.69. The molecule has 0 aliphatic rings. The van der Waals surface area contributed by atoms with Crippen molar-refractivity contribution < 1.29 is 28.5 Å². The molecular weight excluding hydrogens is 336 g/mol. The lowest BCUT2D eigenvalue weighted by atomic mass is 10.1. The smallest absolute Gasteiger partial charge is 0.336 e. The fraction of sp³-hybridized carbons (Fsp3) is 0.600. The first-order valence-electron chi connectivity index (χ1n) is 8.64. The SMILES string of the molecule is CC(C)(C)OC(=O)CC(OCOCc1ccccc1)C(=O)OC(C)(C)C. The number of esters is 2. The van der Waals surface area contributed by atoms with Crippen molar-refractivity contribution in [3.8, 4) is 0 Å². The topological polar surface area (TPSA) is 71.1 Å². The van der Waals surface area contributed by atoms with Crippen LogP contribution in [0.25, 0.3) is 0 Å². The molecule has 1 atom stereocenters. The Morgan fingerprint density at radius 1 is 0.923 bits per heavy atom. The lowest BCUT2D eigenvalue weighted by molar-refractivity contribution is -0.185. The van der Waals surface area contributed by atoms with Crippen LogP contribution in [0.15, 0.2) is 30.3 Å². The third-order valence-electron chi connectivity index (χ3n) is 2.91. The van der Waals surface area contributed by atoms with Gasteiger partial charge in [0.1, 0.15) is 18.0 Å². The summed E-state index contributed by atoms with van der Waals surface area (Å²) in [5, 5.41) is 0. The van der Waals surface area contributed by atoms with E-state index in [9.17, 15) is 9.59 Å². The first-order chi connectivity index (χ1) is 12.0. The van der Waals surface area contributed by atoms with E-state index in [0.717, 1.165) is 5.56 Å². The van der Waals surface area contributed by atoms with Crippen LogP contribution >= 0.6 is 0 Å². The Kier molecular flexibility index (Phi) is 8.24. The Balaban J connectivity index is 2.59. The van der Waals surface area contributed by atoms with E-state index in [-0.39, 0.29) is 13.2 Å². The Hall–Kier alpha value is -1.92. The summed E-state index contributed by atoms with van der Waals surface area (Å²) >= 11 is 0. The molecule has 1 rings (SSSR count). The molecule has 0 amide bonds. The van der Waals surface area contributed by atoms with Gasteiger partial charge in [-0.2, -0.15) is 0 Å². The van der Waals surface area contributed by atoms with Crippen LogP contribution < -0.4 is 0 Å². The molecule has 1 unspecified atom stereocenters. The number of carbonyl (C=O) groups excluding carboxylic acids is 2. The normalized spacial score (nSPS) is 13.2. The van der Waals surface area contributed by atoms with E-state index in [1.165, 1.54) is 0 Å². The average Bonchev–Trinajstić information content (AvgIpc) is 2.47. The number of carbonyl (C=O) groups is 2. The van der Waals surface area contributed by atoms with Crippen LogP contribution in [0, 0.1) is 0 Å². The van der Waals surface area contributed by atoms with Crippen molar-refractivity contribution in [2.24, 2.45) is 0 Å². The summed E-state index contributed by atoms with van der Waals surface area (Å²) in [6, 6.07) is 9.58. The molecular formula is C20H30O6. The molecule has 0 aliphatic carbocycles. The molecule has 0 heterocycles. The summed E-state index contributed by atoms with van der Waals surface area (Å²) in [6.45, 7) is 10.7. The van der Waals surface area contributed by atoms with Crippen LogP contribution in [0.5, 0.6) is 0 Å². The van der Waals surface area contributed by atoms with E-state index in [2.05, 4.69) is 0 Å². The van der Waals surface area contributed by atoms with Gasteiger partial charge in [-0.1, -0.05) is 30.3 Å². The zero-order chi connectivity index (χ0) is 19.8. The number of ether oxygens (including phenoxy) is 4. The van der Waals surface area contributed by atoms with Crippen LogP contribution in [-0.4, -0.2) is 36.0 Å². The van der Waals surface area contributed by atoms with E-state index in [1.807, 2.05) is 30.3 Å². The summed E-state index contributed by atoms with van der Waals surface area (Å²) in [7, 11) is 0. The predicted octanol–water partition coefficient (Wildman–Crippen LogP) is 3.62. The molecule has 0 N–H and O–H groups in total. The van der Waals surface area contributed by atoms with Gasteiger partial charge in [0.2, 0.25) is 0 Å². The van der Waals surface area contributed by atoms with E-state index < -0.39 is 29.2 Å². The van der Waals surface area contributed by atoms with Crippen molar-refractivity contribution >= 4 is 11.9 Å². The van der Waals surface area contributed by atoms with Gasteiger partial charge in [0.05, 0.1) is 13.0 Å². The van der Waals surface area contributed by atoms with Gasteiger partial charge in [-0.3, -0.25) is 4.79 Å². The van der Waals surface area contributed by atoms with Gasteiger partial charge in [0, 0.05) is 0 Å². The second-order valence-electron chi connectivity index (χ2n) is 7.93. The van der Waals surface area contributed by atoms with Gasteiger partial charge < -0.3 is 18.9 Å². The molecule has 1 aromatic carbocycles. The zero-order valence-electron chi connectivity index (χ0n) is 16.5. The van der Waals surface area contributed by atoms with Crippen LogP contribution in [0.2, 0.25) is 0 Å². The number of hydrogen-bond donors (Lipinski definition) is 0. The molecule has 0 aliphatic heterocycles. The zero-order valence-corrected chi connectivity index (χ0v) is 16.5. The third-order valence-corrected chi connectivity index (χ3v) is 2.91. The highest BCUT2D eigenvalue weighted by Crippen LogP contribution is 2.15. The van der Waals surface area contributed by atoms with Crippen molar-refractivity contribution in [2.75, 3.05) is 6.79 Å². The monoisotopic (exact) mass is 366 g/mol. The minimum atomic E-state index is -1.08. The highest BCUT2D eigenvalue weighted by Gasteiger charge is 2.30. The molecule has 6 nitrogen and oxygen atoms in total. The summed E-state index contributed by atoms with van der Waals surface area (Å²) in [4.78, 5) is 24.4. The van der Waals surface area contributed by atoms with Crippen molar-refractivity contribution in [2.45, 2.75) is 71.9 Å². The quantitative estimate of drug-likeness (QED) is 0.398. The second-order valence-corrected chi connectivity index (χ2v) is 7.93. The lowest BCUT2D eigenvalue weighted by Gasteiger charge is -2.25. The van der Waals surface area contributed by atoms with Gasteiger partial charge >= 0.3 is 11.9 Å². The van der Waals surface area contributed by atoms with Crippen LogP contribution in [0.3, 0.4) is 0 Å². The summed E-state index contributed by atoms with van der Waals surface area (Å²) in [6.07, 6.45) is -1.32. The number of rotatable bonds is 8. The number of benzene rings is 1. The molecule has 26 heavy (non-hydrogen) atoms.